The average Bonchev–Trinajstić information content (AvgIpc) is 2.47. The van der Waals surface area contributed by atoms with E-state index in [1.165, 1.54) is 0 Å². The first-order valence-electron chi connectivity index (χ1n) is 6.86. The Bertz CT molecular complexity index is 298. The van der Waals surface area contributed by atoms with E-state index >= 15 is 0 Å². The lowest BCUT2D eigenvalue weighted by molar-refractivity contribution is -0.324. The van der Waals surface area contributed by atoms with Crippen molar-refractivity contribution >= 4 is 0 Å². The highest BCUT2D eigenvalue weighted by atomic mass is 16.7. The van der Waals surface area contributed by atoms with Gasteiger partial charge in [0.15, 0.2) is 12.6 Å². The number of hydrogen-bond acceptors (Lipinski definition) is 9. The summed E-state index contributed by atoms with van der Waals surface area (Å²) >= 11 is 0. The molecule has 2 aliphatic rings. The van der Waals surface area contributed by atoms with E-state index in [1.54, 1.807) is 0 Å². The zero-order valence-electron chi connectivity index (χ0n) is 11.4. The lowest BCUT2D eigenvalue weighted by Crippen LogP contribution is -2.56. The molecule has 0 spiro atoms. The highest BCUT2D eigenvalue weighted by molar-refractivity contribution is 4.86. The Balaban J connectivity index is 2.00. The lowest BCUT2D eigenvalue weighted by atomic mass is 10.0. The molecule has 2 aliphatic heterocycles. The monoisotopic (exact) mass is 310 g/mol. The van der Waals surface area contributed by atoms with Gasteiger partial charge in [-0.25, -0.2) is 0 Å². The van der Waals surface area contributed by atoms with Crippen molar-refractivity contribution in [3.63, 3.8) is 0 Å². The molecule has 2 saturated heterocycles. The number of ether oxygens (including phenoxy) is 3. The van der Waals surface area contributed by atoms with Crippen LogP contribution >= 0.6 is 0 Å². The molecule has 2 heterocycles. The van der Waals surface area contributed by atoms with Crippen LogP contribution in [0, 0.1) is 0 Å². The van der Waals surface area contributed by atoms with Crippen molar-refractivity contribution in [1.82, 2.24) is 0 Å². The first-order valence-corrected chi connectivity index (χ1v) is 6.86. The van der Waals surface area contributed by atoms with E-state index in [4.69, 9.17) is 24.4 Å². The molecule has 8 atom stereocenters. The first kappa shape index (κ1) is 17.0. The van der Waals surface area contributed by atoms with Crippen molar-refractivity contribution < 1.29 is 44.8 Å². The molecular weight excluding hydrogens is 288 g/mol. The van der Waals surface area contributed by atoms with Crippen LogP contribution in [-0.2, 0) is 14.2 Å². The molecule has 2 fully saturated rings. The molecule has 0 unspecified atom stereocenters. The van der Waals surface area contributed by atoms with Crippen molar-refractivity contribution in [2.24, 2.45) is 0 Å². The van der Waals surface area contributed by atoms with Gasteiger partial charge in [0, 0.05) is 12.8 Å². The van der Waals surface area contributed by atoms with Gasteiger partial charge in [-0.1, -0.05) is 0 Å². The van der Waals surface area contributed by atoms with Gasteiger partial charge in [0.1, 0.15) is 12.2 Å². The van der Waals surface area contributed by atoms with E-state index in [1.807, 2.05) is 0 Å². The third-order valence-electron chi connectivity index (χ3n) is 3.72. The molecule has 2 rings (SSSR count). The van der Waals surface area contributed by atoms with Gasteiger partial charge in [-0.05, 0) is 0 Å². The second-order valence-corrected chi connectivity index (χ2v) is 5.33. The molecule has 0 aromatic rings. The van der Waals surface area contributed by atoms with Crippen LogP contribution in [0.4, 0.5) is 0 Å². The van der Waals surface area contributed by atoms with Gasteiger partial charge < -0.3 is 44.8 Å². The van der Waals surface area contributed by atoms with Crippen LogP contribution in [0.15, 0.2) is 0 Å². The van der Waals surface area contributed by atoms with E-state index in [0.717, 1.165) is 0 Å². The number of hydrogen-bond donors (Lipinski definition) is 6. The standard InChI is InChI=1S/C12H22O9/c13-3-5-1-7(15)9(16)12(20-5)21-8-2-6(4-14)19-11(18)10(8)17/h5-18H,1-4H2/t5-,6-,7-,8-,9+,10+,11+,12-/m0/s1. The molecule has 21 heavy (non-hydrogen) atoms. The quantitative estimate of drug-likeness (QED) is 0.313. The molecule has 0 amide bonds. The highest BCUT2D eigenvalue weighted by Crippen LogP contribution is 2.27. The van der Waals surface area contributed by atoms with Crippen molar-refractivity contribution in [1.29, 1.82) is 0 Å². The maximum absolute atomic E-state index is 9.85. The molecule has 9 nitrogen and oxygen atoms in total. The zero-order valence-corrected chi connectivity index (χ0v) is 11.4. The Kier molecular flexibility index (Phi) is 5.88. The normalized spacial score (nSPS) is 48.3. The second kappa shape index (κ2) is 7.27. The number of aliphatic hydroxyl groups excluding tert-OH is 6. The number of rotatable bonds is 4. The molecule has 9 heteroatoms. The van der Waals surface area contributed by atoms with Gasteiger partial charge >= 0.3 is 0 Å². The van der Waals surface area contributed by atoms with E-state index in [-0.39, 0.29) is 26.1 Å². The summed E-state index contributed by atoms with van der Waals surface area (Å²) < 4.78 is 15.7. The summed E-state index contributed by atoms with van der Waals surface area (Å²) in [5.74, 6) is 0. The fourth-order valence-electron chi connectivity index (χ4n) is 2.49. The maximum atomic E-state index is 9.85. The molecular formula is C12H22O9. The summed E-state index contributed by atoms with van der Waals surface area (Å²) in [7, 11) is 0. The topological polar surface area (TPSA) is 149 Å². The van der Waals surface area contributed by atoms with Crippen LogP contribution in [0.5, 0.6) is 0 Å². The highest BCUT2D eigenvalue weighted by Gasteiger charge is 2.43. The summed E-state index contributed by atoms with van der Waals surface area (Å²) in [5.41, 5.74) is 0. The Hall–Kier alpha value is -0.360. The molecule has 6 N–H and O–H groups in total. The zero-order chi connectivity index (χ0) is 15.6. The molecule has 0 aromatic heterocycles. The fraction of sp³-hybridized carbons (Fsp3) is 1.00. The summed E-state index contributed by atoms with van der Waals surface area (Å²) in [6.45, 7) is -0.707. The van der Waals surface area contributed by atoms with Gasteiger partial charge in [-0.2, -0.15) is 0 Å². The SMILES string of the molecule is OC[C@@H]1C[C@H](O)[C@@H](O)[C@H](O[C@H]2C[C@@H](CO)O[C@@H](O)[C@@H]2O)O1. The first-order chi connectivity index (χ1) is 9.96. The van der Waals surface area contributed by atoms with Gasteiger partial charge in [-0.15, -0.1) is 0 Å². The van der Waals surface area contributed by atoms with Crippen molar-refractivity contribution in [2.45, 2.75) is 62.0 Å². The Morgan fingerprint density at radius 1 is 0.857 bits per heavy atom. The molecule has 0 aromatic carbocycles. The van der Waals surface area contributed by atoms with E-state index < -0.39 is 49.2 Å². The predicted molar refractivity (Wildman–Crippen MR) is 65.8 cm³/mol. The largest absolute Gasteiger partial charge is 0.394 e. The van der Waals surface area contributed by atoms with Gasteiger partial charge in [-0.3, -0.25) is 0 Å². The molecule has 0 aliphatic carbocycles. The fourth-order valence-corrected chi connectivity index (χ4v) is 2.49. The lowest BCUT2D eigenvalue weighted by Gasteiger charge is -2.41. The predicted octanol–water partition coefficient (Wildman–Crippen LogP) is -3.34. The average molecular weight is 310 g/mol. The third kappa shape index (κ3) is 3.89. The maximum Gasteiger partial charge on any atom is 0.186 e. The van der Waals surface area contributed by atoms with Crippen LogP contribution in [-0.4, -0.2) is 93.1 Å². The Morgan fingerprint density at radius 3 is 2.10 bits per heavy atom. The van der Waals surface area contributed by atoms with Crippen molar-refractivity contribution in [3.05, 3.63) is 0 Å². The summed E-state index contributed by atoms with van der Waals surface area (Å²) in [4.78, 5) is 0. The minimum absolute atomic E-state index is 0.0652. The van der Waals surface area contributed by atoms with Crippen LogP contribution < -0.4 is 0 Å². The smallest absolute Gasteiger partial charge is 0.186 e. The van der Waals surface area contributed by atoms with E-state index in [9.17, 15) is 20.4 Å². The number of aliphatic hydroxyl groups is 6. The molecule has 0 radical (unpaired) electrons. The van der Waals surface area contributed by atoms with Gasteiger partial charge in [0.2, 0.25) is 0 Å². The van der Waals surface area contributed by atoms with Crippen LogP contribution in [0.2, 0.25) is 0 Å². The van der Waals surface area contributed by atoms with Crippen LogP contribution in [0.25, 0.3) is 0 Å². The van der Waals surface area contributed by atoms with Crippen LogP contribution in [0.1, 0.15) is 12.8 Å². The minimum atomic E-state index is -1.53. The minimum Gasteiger partial charge on any atom is -0.394 e. The van der Waals surface area contributed by atoms with Gasteiger partial charge in [0.05, 0.1) is 37.6 Å². The van der Waals surface area contributed by atoms with Crippen molar-refractivity contribution in [2.75, 3.05) is 13.2 Å². The second-order valence-electron chi connectivity index (χ2n) is 5.33. The van der Waals surface area contributed by atoms with E-state index in [2.05, 4.69) is 0 Å². The Labute approximate surface area is 121 Å². The summed E-state index contributed by atoms with van der Waals surface area (Å²) in [6.07, 6.45) is -8.83. The Morgan fingerprint density at radius 2 is 1.48 bits per heavy atom. The van der Waals surface area contributed by atoms with Crippen LogP contribution in [0.3, 0.4) is 0 Å². The summed E-state index contributed by atoms with van der Waals surface area (Å²) in [6, 6.07) is 0. The van der Waals surface area contributed by atoms with Crippen molar-refractivity contribution in [3.8, 4) is 0 Å². The summed E-state index contributed by atoms with van der Waals surface area (Å²) in [5, 5.41) is 57.1. The van der Waals surface area contributed by atoms with E-state index in [0.29, 0.717) is 0 Å². The third-order valence-corrected chi connectivity index (χ3v) is 3.72. The van der Waals surface area contributed by atoms with Gasteiger partial charge in [0.25, 0.3) is 0 Å². The molecule has 0 bridgehead atoms. The molecule has 0 saturated carbocycles. The molecule has 124 valence electrons.